The van der Waals surface area contributed by atoms with Crippen LogP contribution in [0.3, 0.4) is 0 Å². The minimum absolute atomic E-state index is 0.117. The van der Waals surface area contributed by atoms with E-state index in [0.29, 0.717) is 13.2 Å². The van der Waals surface area contributed by atoms with E-state index in [1.807, 2.05) is 19.0 Å². The highest BCUT2D eigenvalue weighted by Crippen LogP contribution is 2.25. The van der Waals surface area contributed by atoms with Crippen LogP contribution in [0.25, 0.3) is 0 Å². The highest BCUT2D eigenvalue weighted by Gasteiger charge is 2.24. The summed E-state index contributed by atoms with van der Waals surface area (Å²) in [7, 11) is 3.86. The molecule has 1 aromatic heterocycles. The molecule has 1 amide bonds. The predicted octanol–water partition coefficient (Wildman–Crippen LogP) is 0.951. The largest absolute Gasteiger partial charge is 0.378 e. The number of halogens is 1. The molecule has 0 bridgehead atoms. The Labute approximate surface area is 127 Å². The van der Waals surface area contributed by atoms with Crippen molar-refractivity contribution in [1.29, 1.82) is 0 Å². The zero-order valence-corrected chi connectivity index (χ0v) is 12.6. The second-order valence-corrected chi connectivity index (χ2v) is 4.78. The van der Waals surface area contributed by atoms with Gasteiger partial charge in [0.25, 0.3) is 5.91 Å². The number of ether oxygens (including phenoxy) is 1. The Balaban J connectivity index is 2.50. The van der Waals surface area contributed by atoms with Crippen LogP contribution in [0.15, 0.2) is 12.3 Å². The first-order valence-electron chi connectivity index (χ1n) is 6.23. The predicted molar refractivity (Wildman–Crippen MR) is 77.6 cm³/mol. The molecule has 116 valence electrons. The summed E-state index contributed by atoms with van der Waals surface area (Å²) in [6, 6.07) is 1.26. The minimum Gasteiger partial charge on any atom is -0.378 e. The lowest BCUT2D eigenvalue weighted by molar-refractivity contribution is -0.385. The fourth-order valence-electron chi connectivity index (χ4n) is 1.47. The van der Waals surface area contributed by atoms with Crippen LogP contribution < -0.4 is 5.32 Å². The summed E-state index contributed by atoms with van der Waals surface area (Å²) in [6.45, 7) is 1.90. The molecule has 1 rings (SSSR count). The lowest BCUT2D eigenvalue weighted by Crippen LogP contribution is -2.29. The number of nitrogens with zero attached hydrogens (tertiary/aromatic N) is 3. The van der Waals surface area contributed by atoms with E-state index in [1.54, 1.807) is 0 Å². The number of pyridine rings is 1. The summed E-state index contributed by atoms with van der Waals surface area (Å²) < 4.78 is 5.30. The topological polar surface area (TPSA) is 97.6 Å². The molecule has 0 aromatic carbocycles. The highest BCUT2D eigenvalue weighted by atomic mass is 35.5. The molecule has 0 aliphatic heterocycles. The number of nitrogens with one attached hydrogen (secondary N) is 1. The average Bonchev–Trinajstić information content (AvgIpc) is 2.41. The molecule has 8 nitrogen and oxygen atoms in total. The Hall–Kier alpha value is -1.77. The summed E-state index contributed by atoms with van der Waals surface area (Å²) in [4.78, 5) is 27.6. The molecule has 0 aliphatic carbocycles. The van der Waals surface area contributed by atoms with E-state index in [0.717, 1.165) is 6.54 Å². The van der Waals surface area contributed by atoms with Crippen LogP contribution in [-0.4, -0.2) is 61.1 Å². The number of carbonyl (C=O) groups is 1. The second-order valence-electron chi connectivity index (χ2n) is 4.43. The van der Waals surface area contributed by atoms with Crippen LogP contribution in [0.2, 0.25) is 5.15 Å². The van der Waals surface area contributed by atoms with E-state index in [4.69, 9.17) is 16.3 Å². The van der Waals surface area contributed by atoms with Gasteiger partial charge in [-0.05, 0) is 20.2 Å². The number of amides is 1. The summed E-state index contributed by atoms with van der Waals surface area (Å²) in [5.74, 6) is -0.581. The molecule has 21 heavy (non-hydrogen) atoms. The van der Waals surface area contributed by atoms with Gasteiger partial charge in [0.15, 0.2) is 0 Å². The molecular weight excluding hydrogens is 300 g/mol. The molecule has 1 N–H and O–H groups in total. The summed E-state index contributed by atoms with van der Waals surface area (Å²) in [5, 5.41) is 13.1. The quantitative estimate of drug-likeness (QED) is 0.332. The van der Waals surface area contributed by atoms with Crippen molar-refractivity contribution in [1.82, 2.24) is 15.2 Å². The van der Waals surface area contributed by atoms with Gasteiger partial charge in [-0.2, -0.15) is 0 Å². The second kappa shape index (κ2) is 8.50. The van der Waals surface area contributed by atoms with Crippen molar-refractivity contribution < 1.29 is 14.5 Å². The van der Waals surface area contributed by atoms with Gasteiger partial charge >= 0.3 is 5.69 Å². The fraction of sp³-hybridized carbons (Fsp3) is 0.500. The van der Waals surface area contributed by atoms with Gasteiger partial charge in [-0.15, -0.1) is 0 Å². The molecule has 0 unspecified atom stereocenters. The van der Waals surface area contributed by atoms with Gasteiger partial charge in [0.1, 0.15) is 5.56 Å². The zero-order valence-electron chi connectivity index (χ0n) is 11.8. The van der Waals surface area contributed by atoms with Crippen LogP contribution in [0.5, 0.6) is 0 Å². The lowest BCUT2D eigenvalue weighted by atomic mass is 10.2. The molecule has 0 saturated carbocycles. The Kier molecular flexibility index (Phi) is 7.00. The van der Waals surface area contributed by atoms with E-state index in [-0.39, 0.29) is 17.3 Å². The molecule has 9 heteroatoms. The number of likely N-dealkylation sites (N-methyl/N-ethyl adjacent to an activating group) is 1. The third-order valence-electron chi connectivity index (χ3n) is 2.52. The smallest absolute Gasteiger partial charge is 0.319 e. The zero-order chi connectivity index (χ0) is 15.8. The maximum absolute atomic E-state index is 11.9. The first-order valence-corrected chi connectivity index (χ1v) is 6.61. The van der Waals surface area contributed by atoms with E-state index in [1.165, 1.54) is 12.3 Å². The Bertz CT molecular complexity index is 510. The SMILES string of the molecule is CN(C)CCOCCNC(=O)c1ccnc(Cl)c1[N+](=O)[O-]. The first-order chi connectivity index (χ1) is 9.93. The van der Waals surface area contributed by atoms with Crippen LogP contribution in [0.4, 0.5) is 5.69 Å². The summed E-state index contributed by atoms with van der Waals surface area (Å²) in [5.41, 5.74) is -0.613. The average molecular weight is 317 g/mol. The van der Waals surface area contributed by atoms with Gasteiger partial charge in [-0.1, -0.05) is 11.6 Å². The fourth-order valence-corrected chi connectivity index (χ4v) is 1.69. The van der Waals surface area contributed by atoms with Crippen molar-refractivity contribution >= 4 is 23.2 Å². The molecule has 1 aromatic rings. The van der Waals surface area contributed by atoms with Crippen molar-refractivity contribution in [3.05, 3.63) is 33.1 Å². The third-order valence-corrected chi connectivity index (χ3v) is 2.80. The van der Waals surface area contributed by atoms with Gasteiger partial charge in [0, 0.05) is 19.3 Å². The Morgan fingerprint density at radius 3 is 2.86 bits per heavy atom. The van der Waals surface area contributed by atoms with Crippen molar-refractivity contribution in [2.45, 2.75) is 0 Å². The molecule has 1 heterocycles. The van der Waals surface area contributed by atoms with Gasteiger partial charge in [0.05, 0.1) is 18.1 Å². The Morgan fingerprint density at radius 2 is 2.24 bits per heavy atom. The Morgan fingerprint density at radius 1 is 1.52 bits per heavy atom. The van der Waals surface area contributed by atoms with Crippen molar-refractivity contribution in [2.24, 2.45) is 0 Å². The highest BCUT2D eigenvalue weighted by molar-refractivity contribution is 6.32. The molecular formula is C12H17ClN4O4. The van der Waals surface area contributed by atoms with Crippen molar-refractivity contribution in [3.63, 3.8) is 0 Å². The van der Waals surface area contributed by atoms with Crippen LogP contribution in [0.1, 0.15) is 10.4 Å². The molecule has 0 atom stereocenters. The number of aromatic nitrogens is 1. The molecule has 0 radical (unpaired) electrons. The maximum Gasteiger partial charge on any atom is 0.319 e. The van der Waals surface area contributed by atoms with Crippen molar-refractivity contribution in [3.8, 4) is 0 Å². The molecule has 0 fully saturated rings. The van der Waals surface area contributed by atoms with Crippen LogP contribution in [0, 0.1) is 10.1 Å². The monoisotopic (exact) mass is 316 g/mol. The first kappa shape index (κ1) is 17.3. The maximum atomic E-state index is 11.9. The van der Waals surface area contributed by atoms with Gasteiger partial charge in [-0.3, -0.25) is 14.9 Å². The standard InChI is InChI=1S/C12H17ClN4O4/c1-16(2)6-8-21-7-5-15-12(18)9-3-4-14-11(13)10(9)17(19)20/h3-4H,5-8H2,1-2H3,(H,15,18). The van der Waals surface area contributed by atoms with E-state index < -0.39 is 16.5 Å². The van der Waals surface area contributed by atoms with Gasteiger partial charge in [-0.25, -0.2) is 4.98 Å². The molecule has 0 spiro atoms. The number of hydrogen-bond donors (Lipinski definition) is 1. The summed E-state index contributed by atoms with van der Waals surface area (Å²) in [6.07, 6.45) is 1.25. The third kappa shape index (κ3) is 5.62. The van der Waals surface area contributed by atoms with E-state index >= 15 is 0 Å². The van der Waals surface area contributed by atoms with Gasteiger partial charge in [0.2, 0.25) is 5.15 Å². The summed E-state index contributed by atoms with van der Waals surface area (Å²) >= 11 is 5.64. The van der Waals surface area contributed by atoms with E-state index in [9.17, 15) is 14.9 Å². The number of nitro groups is 1. The lowest BCUT2D eigenvalue weighted by Gasteiger charge is -2.10. The van der Waals surface area contributed by atoms with E-state index in [2.05, 4.69) is 10.3 Å². The number of hydrogen-bond acceptors (Lipinski definition) is 6. The number of rotatable bonds is 8. The molecule has 0 saturated heterocycles. The normalized spacial score (nSPS) is 10.7. The number of carbonyl (C=O) groups excluding carboxylic acids is 1. The van der Waals surface area contributed by atoms with Crippen molar-refractivity contribution in [2.75, 3.05) is 40.4 Å². The van der Waals surface area contributed by atoms with Crippen LogP contribution >= 0.6 is 11.6 Å². The minimum atomic E-state index is -0.724. The van der Waals surface area contributed by atoms with Gasteiger partial charge < -0.3 is 15.0 Å². The van der Waals surface area contributed by atoms with Crippen LogP contribution in [-0.2, 0) is 4.74 Å². The molecule has 0 aliphatic rings.